The van der Waals surface area contributed by atoms with Gasteiger partial charge < -0.3 is 15.0 Å². The Kier molecular flexibility index (Phi) is 3.85. The highest BCUT2D eigenvalue weighted by Gasteiger charge is 2.39. The number of nitrogens with zero attached hydrogens (tertiary/aromatic N) is 1. The van der Waals surface area contributed by atoms with E-state index in [4.69, 9.17) is 4.74 Å². The number of rotatable bonds is 0. The highest BCUT2D eigenvalue weighted by molar-refractivity contribution is 5.68. The van der Waals surface area contributed by atoms with Crippen molar-refractivity contribution in [3.63, 3.8) is 0 Å². The zero-order valence-electron chi connectivity index (χ0n) is 11.9. The fourth-order valence-corrected chi connectivity index (χ4v) is 3.07. The molecule has 18 heavy (non-hydrogen) atoms. The van der Waals surface area contributed by atoms with Gasteiger partial charge in [0.1, 0.15) is 5.60 Å². The smallest absolute Gasteiger partial charge is 0.410 e. The van der Waals surface area contributed by atoms with Crippen molar-refractivity contribution in [1.82, 2.24) is 10.2 Å². The lowest BCUT2D eigenvalue weighted by Crippen LogP contribution is -2.53. The zero-order chi connectivity index (χ0) is 13.2. The molecule has 1 spiro atoms. The van der Waals surface area contributed by atoms with E-state index in [0.29, 0.717) is 5.41 Å². The van der Waals surface area contributed by atoms with Gasteiger partial charge >= 0.3 is 6.09 Å². The summed E-state index contributed by atoms with van der Waals surface area (Å²) in [4.78, 5) is 14.0. The van der Waals surface area contributed by atoms with E-state index in [1.165, 1.54) is 19.3 Å². The molecule has 104 valence electrons. The zero-order valence-corrected chi connectivity index (χ0v) is 11.9. The third-order valence-corrected chi connectivity index (χ3v) is 3.87. The number of hydrogen-bond acceptors (Lipinski definition) is 3. The lowest BCUT2D eigenvalue weighted by atomic mass is 9.74. The van der Waals surface area contributed by atoms with Crippen LogP contribution in [0.3, 0.4) is 0 Å². The topological polar surface area (TPSA) is 41.6 Å². The Morgan fingerprint density at radius 1 is 1.28 bits per heavy atom. The minimum Gasteiger partial charge on any atom is -0.444 e. The number of nitrogens with one attached hydrogen (secondary N) is 1. The van der Waals surface area contributed by atoms with Gasteiger partial charge in [0.15, 0.2) is 0 Å². The van der Waals surface area contributed by atoms with E-state index < -0.39 is 5.60 Å². The van der Waals surface area contributed by atoms with Gasteiger partial charge in [-0.2, -0.15) is 0 Å². The van der Waals surface area contributed by atoms with Crippen molar-refractivity contribution >= 4 is 6.09 Å². The first-order chi connectivity index (χ1) is 8.40. The average Bonchev–Trinajstić information content (AvgIpc) is 2.28. The fraction of sp³-hybridized carbons (Fsp3) is 0.929. The summed E-state index contributed by atoms with van der Waals surface area (Å²) in [6, 6.07) is 0. The van der Waals surface area contributed by atoms with E-state index in [2.05, 4.69) is 5.32 Å². The van der Waals surface area contributed by atoms with Gasteiger partial charge in [-0.1, -0.05) is 0 Å². The van der Waals surface area contributed by atoms with Crippen LogP contribution in [0.1, 0.15) is 46.5 Å². The maximum Gasteiger partial charge on any atom is 0.410 e. The van der Waals surface area contributed by atoms with Crippen molar-refractivity contribution in [2.75, 3.05) is 26.2 Å². The fourth-order valence-electron chi connectivity index (χ4n) is 3.07. The maximum absolute atomic E-state index is 12.1. The molecule has 0 radical (unpaired) electrons. The predicted molar refractivity (Wildman–Crippen MR) is 71.6 cm³/mol. The first kappa shape index (κ1) is 13.7. The van der Waals surface area contributed by atoms with Gasteiger partial charge in [0.05, 0.1) is 0 Å². The third kappa shape index (κ3) is 3.37. The van der Waals surface area contributed by atoms with Crippen LogP contribution in [0.2, 0.25) is 0 Å². The molecule has 0 aromatic rings. The maximum atomic E-state index is 12.1. The minimum absolute atomic E-state index is 0.146. The molecule has 1 N–H and O–H groups in total. The van der Waals surface area contributed by atoms with Crippen LogP contribution >= 0.6 is 0 Å². The van der Waals surface area contributed by atoms with Crippen molar-refractivity contribution in [3.8, 4) is 0 Å². The number of carbonyl (C=O) groups excluding carboxylic acids is 1. The molecule has 4 heteroatoms. The Hall–Kier alpha value is -0.770. The lowest BCUT2D eigenvalue weighted by Gasteiger charge is -2.45. The first-order valence-corrected chi connectivity index (χ1v) is 7.09. The average molecular weight is 254 g/mol. The Morgan fingerprint density at radius 3 is 2.61 bits per heavy atom. The second-order valence-electron chi connectivity index (χ2n) is 6.79. The Bertz CT molecular complexity index is 298. The third-order valence-electron chi connectivity index (χ3n) is 3.87. The molecule has 0 aliphatic carbocycles. The van der Waals surface area contributed by atoms with Gasteiger partial charge in [-0.05, 0) is 53.0 Å². The van der Waals surface area contributed by atoms with Gasteiger partial charge in [-0.25, -0.2) is 4.79 Å². The molecule has 2 aliphatic rings. The number of piperidine rings is 2. The summed E-state index contributed by atoms with van der Waals surface area (Å²) in [6.45, 7) is 9.64. The molecule has 2 aliphatic heterocycles. The first-order valence-electron chi connectivity index (χ1n) is 7.09. The van der Waals surface area contributed by atoms with Crippen LogP contribution in [0.15, 0.2) is 0 Å². The normalized spacial score (nSPS) is 29.4. The SMILES string of the molecule is CC(C)(C)OC(=O)N1CCCC2(CCCNC2)C1. The van der Waals surface area contributed by atoms with Crippen LogP contribution in [-0.2, 0) is 4.74 Å². The monoisotopic (exact) mass is 254 g/mol. The van der Waals surface area contributed by atoms with Crippen LogP contribution < -0.4 is 5.32 Å². The number of likely N-dealkylation sites (tertiary alicyclic amines) is 1. The van der Waals surface area contributed by atoms with Crippen LogP contribution in [0.25, 0.3) is 0 Å². The van der Waals surface area contributed by atoms with Crippen LogP contribution in [-0.4, -0.2) is 42.8 Å². The molecule has 0 aromatic carbocycles. The predicted octanol–water partition coefficient (Wildman–Crippen LogP) is 2.39. The van der Waals surface area contributed by atoms with E-state index in [0.717, 1.165) is 32.6 Å². The van der Waals surface area contributed by atoms with Crippen LogP contribution in [0.5, 0.6) is 0 Å². The summed E-state index contributed by atoms with van der Waals surface area (Å²) in [6.07, 6.45) is 4.65. The van der Waals surface area contributed by atoms with Gasteiger partial charge in [-0.15, -0.1) is 0 Å². The summed E-state index contributed by atoms with van der Waals surface area (Å²) in [7, 11) is 0. The molecule has 1 unspecified atom stereocenters. The standard InChI is InChI=1S/C14H26N2O2/c1-13(2,3)18-12(17)16-9-5-7-14(11-16)6-4-8-15-10-14/h15H,4-11H2,1-3H3. The molecule has 2 heterocycles. The molecule has 4 nitrogen and oxygen atoms in total. The summed E-state index contributed by atoms with van der Waals surface area (Å²) < 4.78 is 5.48. The van der Waals surface area contributed by atoms with Crippen molar-refractivity contribution in [2.24, 2.45) is 5.41 Å². The molecule has 2 saturated heterocycles. The van der Waals surface area contributed by atoms with Gasteiger partial charge in [0, 0.05) is 25.0 Å². The van der Waals surface area contributed by atoms with E-state index >= 15 is 0 Å². The van der Waals surface area contributed by atoms with Gasteiger partial charge in [0.25, 0.3) is 0 Å². The molecule has 1 atom stereocenters. The summed E-state index contributed by atoms with van der Waals surface area (Å²) in [5, 5.41) is 3.47. The Labute approximate surface area is 110 Å². The van der Waals surface area contributed by atoms with E-state index in [1.54, 1.807) is 0 Å². The molecular weight excluding hydrogens is 228 g/mol. The molecular formula is C14H26N2O2. The second kappa shape index (κ2) is 5.08. The van der Waals surface area contributed by atoms with Crippen molar-refractivity contribution < 1.29 is 9.53 Å². The molecule has 0 saturated carbocycles. The largest absolute Gasteiger partial charge is 0.444 e. The number of amides is 1. The van der Waals surface area contributed by atoms with Gasteiger partial charge in [0.2, 0.25) is 0 Å². The lowest BCUT2D eigenvalue weighted by molar-refractivity contribution is -0.000318. The van der Waals surface area contributed by atoms with E-state index in [1.807, 2.05) is 25.7 Å². The summed E-state index contributed by atoms with van der Waals surface area (Å²) >= 11 is 0. The van der Waals surface area contributed by atoms with Gasteiger partial charge in [-0.3, -0.25) is 0 Å². The summed E-state index contributed by atoms with van der Waals surface area (Å²) in [5.74, 6) is 0. The van der Waals surface area contributed by atoms with Crippen molar-refractivity contribution in [1.29, 1.82) is 0 Å². The quantitative estimate of drug-likeness (QED) is 0.721. The Balaban J connectivity index is 1.95. The van der Waals surface area contributed by atoms with Crippen molar-refractivity contribution in [2.45, 2.75) is 52.1 Å². The van der Waals surface area contributed by atoms with E-state index in [9.17, 15) is 4.79 Å². The number of ether oxygens (including phenoxy) is 1. The summed E-state index contributed by atoms with van der Waals surface area (Å²) in [5.41, 5.74) is -0.0973. The molecule has 2 fully saturated rings. The molecule has 0 bridgehead atoms. The molecule has 0 aromatic heterocycles. The highest BCUT2D eigenvalue weighted by atomic mass is 16.6. The second-order valence-corrected chi connectivity index (χ2v) is 6.79. The van der Waals surface area contributed by atoms with Crippen LogP contribution in [0, 0.1) is 5.41 Å². The molecule has 2 rings (SSSR count). The Morgan fingerprint density at radius 2 is 2.00 bits per heavy atom. The van der Waals surface area contributed by atoms with E-state index in [-0.39, 0.29) is 6.09 Å². The van der Waals surface area contributed by atoms with Crippen molar-refractivity contribution in [3.05, 3.63) is 0 Å². The van der Waals surface area contributed by atoms with Crippen LogP contribution in [0.4, 0.5) is 4.79 Å². The minimum atomic E-state index is -0.396. The number of hydrogen-bond donors (Lipinski definition) is 1. The number of carbonyl (C=O) groups is 1. The molecule has 1 amide bonds. The highest BCUT2D eigenvalue weighted by Crippen LogP contribution is 2.36.